The highest BCUT2D eigenvalue weighted by atomic mass is 32.2. The van der Waals surface area contributed by atoms with Gasteiger partial charge in [0.15, 0.2) is 0 Å². The van der Waals surface area contributed by atoms with Gasteiger partial charge >= 0.3 is 11.8 Å². The number of carbonyl (C=O) groups excluding carboxylic acids is 2. The van der Waals surface area contributed by atoms with E-state index in [9.17, 15) is 18.0 Å². The molecule has 2 heterocycles. The fraction of sp³-hybridized carbons (Fsp3) is 0.462. The van der Waals surface area contributed by atoms with Gasteiger partial charge in [-0.3, -0.25) is 14.6 Å². The number of carbonyl (C=O) groups is 2. The molecule has 9 heteroatoms. The number of primary amides is 1. The molecule has 0 aromatic carbocycles. The quantitative estimate of drug-likeness (QED) is 0.693. The van der Waals surface area contributed by atoms with E-state index in [0.717, 1.165) is 0 Å². The van der Waals surface area contributed by atoms with Gasteiger partial charge in [-0.1, -0.05) is 0 Å². The number of nitrogens with two attached hydrogens (primary N) is 1. The summed E-state index contributed by atoms with van der Waals surface area (Å²) in [7, 11) is -3.52. The summed E-state index contributed by atoms with van der Waals surface area (Å²) in [5.74, 6) is -1.70. The normalized spacial score (nSPS) is 17.1. The number of pyridine rings is 1. The first-order valence-electron chi connectivity index (χ1n) is 6.89. The van der Waals surface area contributed by atoms with Crippen LogP contribution in [-0.4, -0.2) is 49.2 Å². The van der Waals surface area contributed by atoms with Crippen LogP contribution in [0.3, 0.4) is 0 Å². The molecule has 1 fully saturated rings. The SMILES string of the molecule is NC(=O)C(=O)NCC1CCN(S(=O)(=O)c2cccnc2)CC1. The van der Waals surface area contributed by atoms with Gasteiger partial charge in [0.25, 0.3) is 0 Å². The monoisotopic (exact) mass is 326 g/mol. The van der Waals surface area contributed by atoms with E-state index in [-0.39, 0.29) is 10.8 Å². The number of hydrogen-bond acceptors (Lipinski definition) is 5. The Bertz CT molecular complexity index is 639. The third-order valence-corrected chi connectivity index (χ3v) is 5.50. The standard InChI is InChI=1S/C13H18N4O4S/c14-12(18)13(19)16-8-10-3-6-17(7-4-10)22(20,21)11-2-1-5-15-9-11/h1-2,5,9-10H,3-4,6-8H2,(H2,14,18)(H,16,19). The number of rotatable bonds is 4. The van der Waals surface area contributed by atoms with Gasteiger partial charge in [0.2, 0.25) is 10.0 Å². The Hall–Kier alpha value is -2.00. The highest BCUT2D eigenvalue weighted by molar-refractivity contribution is 7.89. The summed E-state index contributed by atoms with van der Waals surface area (Å²) in [5, 5.41) is 2.45. The molecule has 0 bridgehead atoms. The van der Waals surface area contributed by atoms with Crippen LogP contribution in [0.1, 0.15) is 12.8 Å². The van der Waals surface area contributed by atoms with Crippen molar-refractivity contribution in [2.24, 2.45) is 11.7 Å². The molecule has 1 aliphatic heterocycles. The van der Waals surface area contributed by atoms with E-state index < -0.39 is 21.8 Å². The second kappa shape index (κ2) is 6.84. The van der Waals surface area contributed by atoms with E-state index in [0.29, 0.717) is 32.5 Å². The molecule has 8 nitrogen and oxygen atoms in total. The van der Waals surface area contributed by atoms with Gasteiger partial charge < -0.3 is 11.1 Å². The lowest BCUT2D eigenvalue weighted by Gasteiger charge is -2.31. The minimum atomic E-state index is -3.52. The molecule has 0 saturated carbocycles. The summed E-state index contributed by atoms with van der Waals surface area (Å²) >= 11 is 0. The molecule has 1 aromatic rings. The Morgan fingerprint density at radius 2 is 2.05 bits per heavy atom. The topological polar surface area (TPSA) is 122 Å². The van der Waals surface area contributed by atoms with Crippen molar-refractivity contribution >= 4 is 21.8 Å². The van der Waals surface area contributed by atoms with Crippen LogP contribution in [0, 0.1) is 5.92 Å². The minimum absolute atomic E-state index is 0.128. The van der Waals surface area contributed by atoms with Crippen LogP contribution in [0.15, 0.2) is 29.4 Å². The van der Waals surface area contributed by atoms with Crippen molar-refractivity contribution in [2.45, 2.75) is 17.7 Å². The first-order valence-corrected chi connectivity index (χ1v) is 8.33. The largest absolute Gasteiger partial charge is 0.361 e. The molecular formula is C13H18N4O4S. The Balaban J connectivity index is 1.90. The Morgan fingerprint density at radius 1 is 1.36 bits per heavy atom. The maximum Gasteiger partial charge on any atom is 0.309 e. The Kier molecular flexibility index (Phi) is 5.09. The van der Waals surface area contributed by atoms with Gasteiger partial charge in [-0.25, -0.2) is 8.42 Å². The van der Waals surface area contributed by atoms with Crippen LogP contribution in [0.5, 0.6) is 0 Å². The molecule has 0 aliphatic carbocycles. The molecule has 1 aliphatic rings. The second-order valence-corrected chi connectivity index (χ2v) is 7.05. The molecule has 0 spiro atoms. The number of sulfonamides is 1. The van der Waals surface area contributed by atoms with Crippen molar-refractivity contribution in [1.82, 2.24) is 14.6 Å². The average Bonchev–Trinajstić information content (AvgIpc) is 2.53. The zero-order valence-corrected chi connectivity index (χ0v) is 12.8. The lowest BCUT2D eigenvalue weighted by molar-refractivity contribution is -0.137. The lowest BCUT2D eigenvalue weighted by Crippen LogP contribution is -2.43. The fourth-order valence-corrected chi connectivity index (χ4v) is 3.76. The molecular weight excluding hydrogens is 308 g/mol. The molecule has 1 saturated heterocycles. The molecule has 120 valence electrons. The van der Waals surface area contributed by atoms with Crippen LogP contribution in [0.4, 0.5) is 0 Å². The van der Waals surface area contributed by atoms with Crippen LogP contribution >= 0.6 is 0 Å². The molecule has 1 aromatic heterocycles. The van der Waals surface area contributed by atoms with Gasteiger partial charge in [0, 0.05) is 32.0 Å². The summed E-state index contributed by atoms with van der Waals surface area (Å²) in [6, 6.07) is 3.10. The maximum absolute atomic E-state index is 12.4. The molecule has 3 N–H and O–H groups in total. The van der Waals surface area contributed by atoms with Crippen molar-refractivity contribution in [2.75, 3.05) is 19.6 Å². The van der Waals surface area contributed by atoms with Crippen LogP contribution in [0.2, 0.25) is 0 Å². The summed E-state index contributed by atoms with van der Waals surface area (Å²) < 4.78 is 26.2. The lowest BCUT2D eigenvalue weighted by atomic mass is 9.98. The van der Waals surface area contributed by atoms with Gasteiger partial charge in [0.05, 0.1) is 0 Å². The van der Waals surface area contributed by atoms with E-state index in [2.05, 4.69) is 10.3 Å². The number of nitrogens with zero attached hydrogens (tertiary/aromatic N) is 2. The van der Waals surface area contributed by atoms with Crippen molar-refractivity contribution in [3.8, 4) is 0 Å². The van der Waals surface area contributed by atoms with E-state index in [1.165, 1.54) is 22.8 Å². The number of aromatic nitrogens is 1. The van der Waals surface area contributed by atoms with Gasteiger partial charge in [-0.2, -0.15) is 4.31 Å². The average molecular weight is 326 g/mol. The zero-order valence-electron chi connectivity index (χ0n) is 11.9. The molecule has 0 atom stereocenters. The van der Waals surface area contributed by atoms with Gasteiger partial charge in [-0.15, -0.1) is 0 Å². The minimum Gasteiger partial charge on any atom is -0.361 e. The van der Waals surface area contributed by atoms with Gasteiger partial charge in [-0.05, 0) is 30.9 Å². The van der Waals surface area contributed by atoms with Crippen molar-refractivity contribution in [1.29, 1.82) is 0 Å². The third-order valence-electron chi connectivity index (χ3n) is 3.62. The highest BCUT2D eigenvalue weighted by Crippen LogP contribution is 2.22. The first-order chi connectivity index (χ1) is 10.4. The number of nitrogens with one attached hydrogen (secondary N) is 1. The summed E-state index contributed by atoms with van der Waals surface area (Å²) in [6.07, 6.45) is 4.07. The summed E-state index contributed by atoms with van der Waals surface area (Å²) in [6.45, 7) is 1.06. The van der Waals surface area contributed by atoms with E-state index in [4.69, 9.17) is 5.73 Å². The van der Waals surface area contributed by atoms with Crippen LogP contribution in [0.25, 0.3) is 0 Å². The van der Waals surface area contributed by atoms with Gasteiger partial charge in [0.1, 0.15) is 4.90 Å². The predicted molar refractivity (Wildman–Crippen MR) is 77.9 cm³/mol. The second-order valence-electron chi connectivity index (χ2n) is 5.11. The molecule has 0 radical (unpaired) electrons. The zero-order chi connectivity index (χ0) is 16.2. The summed E-state index contributed by atoms with van der Waals surface area (Å²) in [4.78, 5) is 25.7. The number of amides is 2. The Labute approximate surface area is 128 Å². The molecule has 0 unspecified atom stereocenters. The maximum atomic E-state index is 12.4. The predicted octanol–water partition coefficient (Wildman–Crippen LogP) is -0.916. The van der Waals surface area contributed by atoms with E-state index in [1.807, 2.05) is 0 Å². The van der Waals surface area contributed by atoms with E-state index >= 15 is 0 Å². The summed E-state index contributed by atoms with van der Waals surface area (Å²) in [5.41, 5.74) is 4.85. The molecule has 2 rings (SSSR count). The first kappa shape index (κ1) is 16.4. The van der Waals surface area contributed by atoms with Crippen molar-refractivity contribution in [3.05, 3.63) is 24.5 Å². The van der Waals surface area contributed by atoms with Crippen LogP contribution in [-0.2, 0) is 19.6 Å². The van der Waals surface area contributed by atoms with E-state index in [1.54, 1.807) is 6.07 Å². The highest BCUT2D eigenvalue weighted by Gasteiger charge is 2.29. The van der Waals surface area contributed by atoms with Crippen LogP contribution < -0.4 is 11.1 Å². The third kappa shape index (κ3) is 3.80. The Morgan fingerprint density at radius 3 is 2.59 bits per heavy atom. The number of hydrogen-bond donors (Lipinski definition) is 2. The van der Waals surface area contributed by atoms with Crippen molar-refractivity contribution in [3.63, 3.8) is 0 Å². The molecule has 2 amide bonds. The fourth-order valence-electron chi connectivity index (χ4n) is 2.33. The number of piperidine rings is 1. The smallest absolute Gasteiger partial charge is 0.309 e. The van der Waals surface area contributed by atoms with Crippen molar-refractivity contribution < 1.29 is 18.0 Å². The molecule has 22 heavy (non-hydrogen) atoms.